The maximum atomic E-state index is 12.8. The Morgan fingerprint density at radius 3 is 2.33 bits per heavy atom. The molecule has 1 heterocycles. The fraction of sp³-hybridized carbons (Fsp3) is 0.154. The van der Waals surface area contributed by atoms with Gasteiger partial charge in [-0.3, -0.25) is 9.69 Å². The highest BCUT2D eigenvalue weighted by molar-refractivity contribution is 9.10. The van der Waals surface area contributed by atoms with Crippen molar-refractivity contribution in [3.8, 4) is 11.5 Å². The zero-order valence-corrected chi connectivity index (χ0v) is 19.9. The number of methoxy groups -OCH3 is 1. The SMILES string of the molecule is COc1cc(/C=C2/NC(=O)N(Cc3ccc(Br)cc3)C2=O)ccc1OCc1ccc(C)cc1. The van der Waals surface area contributed by atoms with Crippen LogP contribution in [0.5, 0.6) is 11.5 Å². The van der Waals surface area contributed by atoms with Gasteiger partial charge in [0.1, 0.15) is 12.3 Å². The van der Waals surface area contributed by atoms with E-state index in [4.69, 9.17) is 9.47 Å². The number of hydrogen-bond acceptors (Lipinski definition) is 4. The monoisotopic (exact) mass is 506 g/mol. The number of amides is 3. The van der Waals surface area contributed by atoms with Crippen LogP contribution >= 0.6 is 15.9 Å². The zero-order valence-electron chi connectivity index (χ0n) is 18.3. The average molecular weight is 507 g/mol. The number of ether oxygens (including phenoxy) is 2. The van der Waals surface area contributed by atoms with Gasteiger partial charge in [-0.1, -0.05) is 64.0 Å². The molecule has 33 heavy (non-hydrogen) atoms. The Hall–Kier alpha value is -3.58. The smallest absolute Gasteiger partial charge is 0.329 e. The van der Waals surface area contributed by atoms with Gasteiger partial charge in [-0.15, -0.1) is 0 Å². The van der Waals surface area contributed by atoms with E-state index in [1.54, 1.807) is 25.3 Å². The van der Waals surface area contributed by atoms with Crippen LogP contribution in [-0.2, 0) is 17.9 Å². The number of nitrogens with zero attached hydrogens (tertiary/aromatic N) is 1. The molecule has 7 heteroatoms. The summed E-state index contributed by atoms with van der Waals surface area (Å²) in [4.78, 5) is 26.4. The summed E-state index contributed by atoms with van der Waals surface area (Å²) in [5.74, 6) is 0.764. The van der Waals surface area contributed by atoms with Crippen LogP contribution in [-0.4, -0.2) is 23.9 Å². The number of carbonyl (C=O) groups excluding carboxylic acids is 2. The third-order valence-electron chi connectivity index (χ3n) is 5.23. The Bertz CT molecular complexity index is 1200. The molecule has 0 aliphatic carbocycles. The summed E-state index contributed by atoms with van der Waals surface area (Å²) < 4.78 is 12.3. The molecule has 1 aliphatic rings. The van der Waals surface area contributed by atoms with Crippen molar-refractivity contribution in [2.24, 2.45) is 0 Å². The lowest BCUT2D eigenvalue weighted by Gasteiger charge is -2.12. The molecule has 6 nitrogen and oxygen atoms in total. The van der Waals surface area contributed by atoms with Gasteiger partial charge in [0.2, 0.25) is 0 Å². The third-order valence-corrected chi connectivity index (χ3v) is 5.76. The van der Waals surface area contributed by atoms with Crippen LogP contribution in [0.4, 0.5) is 4.79 Å². The van der Waals surface area contributed by atoms with Gasteiger partial charge in [0, 0.05) is 4.47 Å². The topological polar surface area (TPSA) is 67.9 Å². The number of halogens is 1. The molecule has 0 radical (unpaired) electrons. The second-order valence-corrected chi connectivity index (χ2v) is 8.61. The van der Waals surface area contributed by atoms with E-state index >= 15 is 0 Å². The molecule has 3 amide bonds. The van der Waals surface area contributed by atoms with Crippen LogP contribution in [0.2, 0.25) is 0 Å². The highest BCUT2D eigenvalue weighted by atomic mass is 79.9. The van der Waals surface area contributed by atoms with Gasteiger partial charge in [-0.05, 0) is 54.0 Å². The van der Waals surface area contributed by atoms with Crippen molar-refractivity contribution >= 4 is 33.9 Å². The van der Waals surface area contributed by atoms with Gasteiger partial charge in [0.05, 0.1) is 13.7 Å². The molecule has 1 N–H and O–H groups in total. The molecule has 3 aromatic rings. The van der Waals surface area contributed by atoms with Gasteiger partial charge in [0.15, 0.2) is 11.5 Å². The zero-order chi connectivity index (χ0) is 23.4. The molecule has 0 spiro atoms. The number of urea groups is 1. The molecule has 1 fully saturated rings. The fourth-order valence-corrected chi connectivity index (χ4v) is 3.66. The van der Waals surface area contributed by atoms with Crippen molar-refractivity contribution in [2.75, 3.05) is 7.11 Å². The first-order chi connectivity index (χ1) is 15.9. The Morgan fingerprint density at radius 2 is 1.64 bits per heavy atom. The van der Waals surface area contributed by atoms with Crippen LogP contribution in [0.15, 0.2) is 76.9 Å². The molecule has 3 aromatic carbocycles. The van der Waals surface area contributed by atoms with Gasteiger partial charge in [-0.25, -0.2) is 4.79 Å². The van der Waals surface area contributed by atoms with Crippen molar-refractivity contribution < 1.29 is 19.1 Å². The summed E-state index contributed by atoms with van der Waals surface area (Å²) in [5.41, 5.74) is 4.03. The number of aryl methyl sites for hydroxylation is 1. The van der Waals surface area contributed by atoms with Crippen molar-refractivity contribution in [1.82, 2.24) is 10.2 Å². The Balaban J connectivity index is 1.47. The average Bonchev–Trinajstić information content (AvgIpc) is 3.07. The van der Waals surface area contributed by atoms with Gasteiger partial charge < -0.3 is 14.8 Å². The maximum Gasteiger partial charge on any atom is 0.329 e. The van der Waals surface area contributed by atoms with Gasteiger partial charge in [-0.2, -0.15) is 0 Å². The second-order valence-electron chi connectivity index (χ2n) is 7.69. The summed E-state index contributed by atoms with van der Waals surface area (Å²) in [5, 5.41) is 2.65. The standard InChI is InChI=1S/C26H23BrN2O4/c1-17-3-5-19(6-4-17)16-33-23-12-9-20(14-24(23)32-2)13-22-25(30)29(26(31)28-22)15-18-7-10-21(27)11-8-18/h3-14H,15-16H2,1-2H3,(H,28,31)/b22-13+. The van der Waals surface area contributed by atoms with E-state index < -0.39 is 6.03 Å². The van der Waals surface area contributed by atoms with Crippen molar-refractivity contribution in [1.29, 1.82) is 0 Å². The summed E-state index contributed by atoms with van der Waals surface area (Å²) in [6.45, 7) is 2.65. The lowest BCUT2D eigenvalue weighted by Crippen LogP contribution is -2.30. The molecular weight excluding hydrogens is 484 g/mol. The van der Waals surface area contributed by atoms with Gasteiger partial charge in [0.25, 0.3) is 5.91 Å². The summed E-state index contributed by atoms with van der Waals surface area (Å²) in [6, 6.07) is 20.5. The van der Waals surface area contributed by atoms with Crippen molar-refractivity contribution in [3.63, 3.8) is 0 Å². The molecule has 0 aromatic heterocycles. The fourth-order valence-electron chi connectivity index (χ4n) is 3.39. The highest BCUT2D eigenvalue weighted by Gasteiger charge is 2.33. The quantitative estimate of drug-likeness (QED) is 0.342. The Labute approximate surface area is 200 Å². The number of rotatable bonds is 7. The molecule has 4 rings (SSSR count). The first-order valence-electron chi connectivity index (χ1n) is 10.4. The van der Waals surface area contributed by atoms with Crippen LogP contribution in [0, 0.1) is 6.92 Å². The van der Waals surface area contributed by atoms with E-state index in [0.29, 0.717) is 23.7 Å². The van der Waals surface area contributed by atoms with E-state index in [9.17, 15) is 9.59 Å². The number of imide groups is 1. The van der Waals surface area contributed by atoms with Crippen LogP contribution < -0.4 is 14.8 Å². The maximum absolute atomic E-state index is 12.8. The summed E-state index contributed by atoms with van der Waals surface area (Å²) in [6.07, 6.45) is 1.63. The van der Waals surface area contributed by atoms with E-state index in [1.807, 2.05) is 61.5 Å². The summed E-state index contributed by atoms with van der Waals surface area (Å²) >= 11 is 3.38. The molecule has 1 aliphatic heterocycles. The predicted octanol–water partition coefficient (Wildman–Crippen LogP) is 5.44. The van der Waals surface area contributed by atoms with Gasteiger partial charge >= 0.3 is 6.03 Å². The molecule has 0 saturated carbocycles. The second kappa shape index (κ2) is 9.92. The number of hydrogen-bond donors (Lipinski definition) is 1. The third kappa shape index (κ3) is 5.43. The first kappa shape index (κ1) is 22.6. The predicted molar refractivity (Wildman–Crippen MR) is 130 cm³/mol. The minimum absolute atomic E-state index is 0.199. The lowest BCUT2D eigenvalue weighted by molar-refractivity contribution is -0.123. The van der Waals surface area contributed by atoms with E-state index in [0.717, 1.165) is 15.6 Å². The van der Waals surface area contributed by atoms with E-state index in [-0.39, 0.29) is 18.1 Å². The largest absolute Gasteiger partial charge is 0.493 e. The normalized spacial score (nSPS) is 14.5. The molecular formula is C26H23BrN2O4. The van der Waals surface area contributed by atoms with E-state index in [1.165, 1.54) is 10.5 Å². The van der Waals surface area contributed by atoms with Crippen molar-refractivity contribution in [2.45, 2.75) is 20.1 Å². The van der Waals surface area contributed by atoms with Crippen LogP contribution in [0.3, 0.4) is 0 Å². The molecule has 0 bridgehead atoms. The molecule has 168 valence electrons. The van der Waals surface area contributed by atoms with Crippen LogP contribution in [0.25, 0.3) is 6.08 Å². The van der Waals surface area contributed by atoms with Crippen molar-refractivity contribution in [3.05, 3.63) is 99.2 Å². The minimum atomic E-state index is -0.445. The first-order valence-corrected chi connectivity index (χ1v) is 11.2. The number of carbonyl (C=O) groups is 2. The summed E-state index contributed by atoms with van der Waals surface area (Å²) in [7, 11) is 1.56. The van der Waals surface area contributed by atoms with Crippen LogP contribution in [0.1, 0.15) is 22.3 Å². The van der Waals surface area contributed by atoms with E-state index in [2.05, 4.69) is 21.2 Å². The minimum Gasteiger partial charge on any atom is -0.493 e. The molecule has 0 atom stereocenters. The Kier molecular flexibility index (Phi) is 6.79. The lowest BCUT2D eigenvalue weighted by atomic mass is 10.1. The highest BCUT2D eigenvalue weighted by Crippen LogP contribution is 2.30. The molecule has 1 saturated heterocycles. The number of benzene rings is 3. The number of nitrogens with one attached hydrogen (secondary N) is 1. The Morgan fingerprint density at radius 1 is 0.939 bits per heavy atom. The molecule has 0 unspecified atom stereocenters.